The Hall–Kier alpha value is -2.45. The molecule has 3 rings (SSSR count). The Morgan fingerprint density at radius 3 is 2.60 bits per heavy atom. The van der Waals surface area contributed by atoms with E-state index in [4.69, 9.17) is 0 Å². The van der Waals surface area contributed by atoms with Crippen LogP contribution in [0.4, 0.5) is 17.2 Å². The van der Waals surface area contributed by atoms with Crippen molar-refractivity contribution in [3.63, 3.8) is 0 Å². The molecule has 0 unspecified atom stereocenters. The Bertz CT molecular complexity index is 919. The van der Waals surface area contributed by atoms with Crippen LogP contribution >= 0.6 is 27.7 Å². The summed E-state index contributed by atoms with van der Waals surface area (Å²) in [6, 6.07) is 15.1. The number of hydrogen-bond acceptors (Lipinski definition) is 6. The summed E-state index contributed by atoms with van der Waals surface area (Å²) in [6.07, 6.45) is 1.32. The maximum atomic E-state index is 11.6. The zero-order valence-corrected chi connectivity index (χ0v) is 15.5. The predicted octanol–water partition coefficient (Wildman–Crippen LogP) is 5.35. The first-order valence-corrected chi connectivity index (χ1v) is 8.90. The number of nitrogens with one attached hydrogen (secondary N) is 1. The average molecular weight is 417 g/mol. The van der Waals surface area contributed by atoms with Gasteiger partial charge in [0.1, 0.15) is 6.33 Å². The minimum Gasteiger partial charge on any atom is -0.334 e. The van der Waals surface area contributed by atoms with Crippen LogP contribution in [0.1, 0.15) is 5.56 Å². The Labute approximate surface area is 157 Å². The second kappa shape index (κ2) is 7.62. The first-order valence-electron chi connectivity index (χ1n) is 7.29. The van der Waals surface area contributed by atoms with E-state index in [2.05, 4.69) is 31.2 Å². The largest absolute Gasteiger partial charge is 0.343 e. The highest BCUT2D eigenvalue weighted by molar-refractivity contribution is 9.10. The molecule has 2 aromatic carbocycles. The number of aromatic nitrogens is 2. The fourth-order valence-corrected chi connectivity index (χ4v) is 3.38. The van der Waals surface area contributed by atoms with E-state index in [0.29, 0.717) is 10.7 Å². The van der Waals surface area contributed by atoms with Crippen LogP contribution < -0.4 is 5.32 Å². The molecule has 0 atom stereocenters. The van der Waals surface area contributed by atoms with E-state index in [0.717, 1.165) is 14.9 Å². The minimum absolute atomic E-state index is 0.145. The number of benzene rings is 2. The number of nitrogens with zero attached hydrogens (tertiary/aromatic N) is 3. The molecular weight excluding hydrogens is 404 g/mol. The number of rotatable bonds is 5. The number of nitro groups is 1. The highest BCUT2D eigenvalue weighted by atomic mass is 79.9. The van der Waals surface area contributed by atoms with E-state index >= 15 is 0 Å². The Kier molecular flexibility index (Phi) is 5.30. The van der Waals surface area contributed by atoms with Gasteiger partial charge in [-0.1, -0.05) is 51.5 Å². The molecule has 0 aliphatic rings. The lowest BCUT2D eigenvalue weighted by Gasteiger charge is -2.09. The van der Waals surface area contributed by atoms with Gasteiger partial charge in [-0.05, 0) is 37.3 Å². The number of aryl methyl sites for hydroxylation is 1. The summed E-state index contributed by atoms with van der Waals surface area (Å²) in [5.74, 6) is 0.160. The third-order valence-corrected chi connectivity index (χ3v) is 4.79. The van der Waals surface area contributed by atoms with Crippen LogP contribution in [-0.4, -0.2) is 14.9 Å². The maximum Gasteiger partial charge on any atom is 0.343 e. The summed E-state index contributed by atoms with van der Waals surface area (Å²) in [7, 11) is 0. The molecule has 0 saturated carbocycles. The van der Waals surface area contributed by atoms with E-state index in [1.165, 1.54) is 18.1 Å². The summed E-state index contributed by atoms with van der Waals surface area (Å²) in [6.45, 7) is 1.99. The van der Waals surface area contributed by atoms with E-state index in [-0.39, 0.29) is 11.5 Å². The molecule has 6 nitrogen and oxygen atoms in total. The molecule has 0 bridgehead atoms. The lowest BCUT2D eigenvalue weighted by atomic mass is 10.2. The second-order valence-corrected chi connectivity index (χ2v) is 7.16. The van der Waals surface area contributed by atoms with Crippen LogP contribution in [0.25, 0.3) is 0 Å². The Morgan fingerprint density at radius 1 is 1.16 bits per heavy atom. The SMILES string of the molecule is Cc1ccc(Sc2ncnc(Nc3cccc(Br)c3)c2[N+](=O)[O-])cc1. The van der Waals surface area contributed by atoms with Crippen LogP contribution in [-0.2, 0) is 0 Å². The highest BCUT2D eigenvalue weighted by Crippen LogP contribution is 2.37. The van der Waals surface area contributed by atoms with Gasteiger partial charge in [-0.3, -0.25) is 10.1 Å². The fraction of sp³-hybridized carbons (Fsp3) is 0.0588. The average Bonchev–Trinajstić information content (AvgIpc) is 2.57. The quantitative estimate of drug-likeness (QED) is 0.342. The molecule has 1 heterocycles. The number of halogens is 1. The summed E-state index contributed by atoms with van der Waals surface area (Å²) >= 11 is 4.61. The van der Waals surface area contributed by atoms with E-state index < -0.39 is 4.92 Å². The summed E-state index contributed by atoms with van der Waals surface area (Å²) in [4.78, 5) is 20.2. The first kappa shape index (κ1) is 17.4. The predicted molar refractivity (Wildman–Crippen MR) is 101 cm³/mol. The van der Waals surface area contributed by atoms with Crippen LogP contribution in [0.2, 0.25) is 0 Å². The molecule has 126 valence electrons. The van der Waals surface area contributed by atoms with Gasteiger partial charge in [0.25, 0.3) is 0 Å². The molecule has 0 aliphatic carbocycles. The van der Waals surface area contributed by atoms with Gasteiger partial charge in [0, 0.05) is 15.1 Å². The molecule has 0 radical (unpaired) electrons. The topological polar surface area (TPSA) is 81.0 Å². The van der Waals surface area contributed by atoms with Gasteiger partial charge in [-0.25, -0.2) is 9.97 Å². The lowest BCUT2D eigenvalue weighted by molar-refractivity contribution is -0.387. The molecule has 0 spiro atoms. The van der Waals surface area contributed by atoms with Crippen LogP contribution in [0.5, 0.6) is 0 Å². The molecule has 1 aromatic heterocycles. The molecule has 3 aromatic rings. The molecule has 8 heteroatoms. The highest BCUT2D eigenvalue weighted by Gasteiger charge is 2.24. The Balaban J connectivity index is 1.96. The van der Waals surface area contributed by atoms with Crippen molar-refractivity contribution in [2.45, 2.75) is 16.8 Å². The van der Waals surface area contributed by atoms with Crippen molar-refractivity contribution in [1.82, 2.24) is 9.97 Å². The van der Waals surface area contributed by atoms with Crippen LogP contribution in [0.3, 0.4) is 0 Å². The molecular formula is C17H13BrN4O2S. The van der Waals surface area contributed by atoms with E-state index in [1.54, 1.807) is 0 Å². The van der Waals surface area contributed by atoms with Gasteiger partial charge in [-0.2, -0.15) is 0 Å². The molecule has 1 N–H and O–H groups in total. The molecule has 0 fully saturated rings. The normalized spacial score (nSPS) is 10.5. The van der Waals surface area contributed by atoms with Crippen LogP contribution in [0, 0.1) is 17.0 Å². The summed E-state index contributed by atoms with van der Waals surface area (Å²) in [5.41, 5.74) is 1.68. The van der Waals surface area contributed by atoms with E-state index in [9.17, 15) is 10.1 Å². The van der Waals surface area contributed by atoms with Crippen molar-refractivity contribution >= 4 is 44.9 Å². The van der Waals surface area contributed by atoms with Crippen molar-refractivity contribution in [3.05, 3.63) is 75.0 Å². The molecule has 0 aliphatic heterocycles. The van der Waals surface area contributed by atoms with Crippen molar-refractivity contribution in [3.8, 4) is 0 Å². The molecule has 0 amide bonds. The minimum atomic E-state index is -0.461. The second-order valence-electron chi connectivity index (χ2n) is 5.18. The summed E-state index contributed by atoms with van der Waals surface area (Å²) in [5, 5.41) is 14.9. The van der Waals surface area contributed by atoms with E-state index in [1.807, 2.05) is 55.5 Å². The van der Waals surface area contributed by atoms with Gasteiger partial charge < -0.3 is 5.32 Å². The molecule has 25 heavy (non-hydrogen) atoms. The summed E-state index contributed by atoms with van der Waals surface area (Å²) < 4.78 is 0.864. The van der Waals surface area contributed by atoms with Gasteiger partial charge in [0.15, 0.2) is 5.03 Å². The van der Waals surface area contributed by atoms with Gasteiger partial charge in [-0.15, -0.1) is 0 Å². The standard InChI is InChI=1S/C17H13BrN4O2S/c1-11-5-7-14(8-6-11)25-17-15(22(23)24)16(19-10-20-17)21-13-4-2-3-12(18)9-13/h2-10H,1H3,(H,19,20,21). The van der Waals surface area contributed by atoms with Crippen molar-refractivity contribution in [1.29, 1.82) is 0 Å². The lowest BCUT2D eigenvalue weighted by Crippen LogP contribution is -2.02. The zero-order chi connectivity index (χ0) is 17.8. The van der Waals surface area contributed by atoms with Crippen molar-refractivity contribution < 1.29 is 4.92 Å². The van der Waals surface area contributed by atoms with Gasteiger partial charge in [0.05, 0.1) is 4.92 Å². The van der Waals surface area contributed by atoms with Gasteiger partial charge in [0.2, 0.25) is 5.82 Å². The van der Waals surface area contributed by atoms with Crippen LogP contribution in [0.15, 0.2) is 69.3 Å². The Morgan fingerprint density at radius 2 is 1.92 bits per heavy atom. The molecule has 0 saturated heterocycles. The maximum absolute atomic E-state index is 11.6. The zero-order valence-electron chi connectivity index (χ0n) is 13.1. The number of hydrogen-bond donors (Lipinski definition) is 1. The fourth-order valence-electron chi connectivity index (χ4n) is 2.11. The monoisotopic (exact) mass is 416 g/mol. The first-order chi connectivity index (χ1) is 12.0. The van der Waals surface area contributed by atoms with Crippen molar-refractivity contribution in [2.75, 3.05) is 5.32 Å². The van der Waals surface area contributed by atoms with Crippen molar-refractivity contribution in [2.24, 2.45) is 0 Å². The number of anilines is 2. The smallest absolute Gasteiger partial charge is 0.334 e. The third-order valence-electron chi connectivity index (χ3n) is 3.29. The van der Waals surface area contributed by atoms with Gasteiger partial charge >= 0.3 is 5.69 Å². The third kappa shape index (κ3) is 4.34.